The number of rotatable bonds is 0. The van der Waals surface area contributed by atoms with E-state index in [9.17, 15) is 39.5 Å². The van der Waals surface area contributed by atoms with E-state index in [1.165, 1.54) is 0 Å². The summed E-state index contributed by atoms with van der Waals surface area (Å²) < 4.78 is 101. The largest absolute Gasteiger partial charge is 0.288 e. The smallest absolute Gasteiger partial charge is 0.206 e. The van der Waals surface area contributed by atoms with E-state index in [-0.39, 0.29) is 0 Å². The Labute approximate surface area is 65.3 Å². The average molecular weight is 219 g/mol. The minimum absolute atomic E-state index is 4.35. The van der Waals surface area contributed by atoms with Gasteiger partial charge in [0.2, 0.25) is 0 Å². The molecule has 0 saturated heterocycles. The molecule has 0 radical (unpaired) electrons. The van der Waals surface area contributed by atoms with Gasteiger partial charge in [0.25, 0.3) is 18.5 Å². The number of halogens is 9. The van der Waals surface area contributed by atoms with E-state index >= 15 is 0 Å². The molecule has 0 atom stereocenters. The fourth-order valence-electron chi connectivity index (χ4n) is 0.482. The van der Waals surface area contributed by atoms with Gasteiger partial charge in [0.1, 0.15) is 0 Å². The molecule has 0 spiro atoms. The van der Waals surface area contributed by atoms with Crippen molar-refractivity contribution in [1.29, 1.82) is 0 Å². The lowest BCUT2D eigenvalue weighted by molar-refractivity contribution is -0.277. The van der Waals surface area contributed by atoms with E-state index in [1.54, 1.807) is 0 Å². The molecule has 80 valence electrons. The number of alkyl halides is 9. The summed E-state index contributed by atoms with van der Waals surface area (Å²) in [7, 11) is 0. The van der Waals surface area contributed by atoms with Crippen LogP contribution < -0.4 is 0 Å². The molecule has 0 unspecified atom stereocenters. The zero-order valence-corrected chi connectivity index (χ0v) is 5.40. The van der Waals surface area contributed by atoms with Crippen molar-refractivity contribution in [2.75, 3.05) is 0 Å². The maximum atomic E-state index is 11.2. The Bertz CT molecular complexity index is 134. The molecule has 9 heteroatoms. The minimum Gasteiger partial charge on any atom is -0.206 e. The van der Waals surface area contributed by atoms with Crippen molar-refractivity contribution >= 4 is 0 Å². The summed E-state index contributed by atoms with van der Waals surface area (Å²) in [5.74, 6) is -4.35. The van der Waals surface area contributed by atoms with Crippen molar-refractivity contribution in [3.05, 3.63) is 5.92 Å². The fourth-order valence-corrected chi connectivity index (χ4v) is 0.482. The molecule has 0 N–H and O–H groups in total. The predicted octanol–water partition coefficient (Wildman–Crippen LogP) is 3.25. The first-order valence-corrected chi connectivity index (χ1v) is 2.45. The van der Waals surface area contributed by atoms with Gasteiger partial charge in [-0.2, -0.15) is 0 Å². The third-order valence-electron chi connectivity index (χ3n) is 0.850. The zero-order valence-electron chi connectivity index (χ0n) is 5.40. The van der Waals surface area contributed by atoms with Crippen LogP contribution in [0.4, 0.5) is 39.5 Å². The van der Waals surface area contributed by atoms with Gasteiger partial charge < -0.3 is 0 Å². The molecule has 0 aliphatic heterocycles. The Morgan fingerprint density at radius 2 is 0.615 bits per heavy atom. The van der Waals surface area contributed by atoms with Gasteiger partial charge in [-0.25, -0.2) is 39.5 Å². The molecule has 0 heterocycles. The molecule has 0 aromatic heterocycles. The van der Waals surface area contributed by atoms with Crippen molar-refractivity contribution in [2.24, 2.45) is 0 Å². The Hall–Kier alpha value is -0.630. The normalized spacial score (nSPS) is 15.2. The Kier molecular flexibility index (Phi) is 2.80. The van der Waals surface area contributed by atoms with Crippen LogP contribution >= 0.6 is 0 Å². The highest BCUT2D eigenvalue weighted by molar-refractivity contribution is 5.10. The summed E-state index contributed by atoms with van der Waals surface area (Å²) in [5.41, 5.74) is 0. The molecule has 13 heavy (non-hydrogen) atoms. The van der Waals surface area contributed by atoms with Gasteiger partial charge in [-0.15, -0.1) is 0 Å². The first-order valence-electron chi connectivity index (χ1n) is 2.45. The molecule has 0 saturated carbocycles. The Morgan fingerprint density at radius 3 is 0.615 bits per heavy atom. The monoisotopic (exact) mass is 219 g/mol. The highest BCUT2D eigenvalue weighted by Gasteiger charge is 2.56. The summed E-state index contributed by atoms with van der Waals surface area (Å²) in [6.07, 6.45) is -19.3. The standard InChI is InChI=1S/C4F9/c5-2(6,7)1(3(8,9)10)4(11,12)13/q-1. The molecule has 0 amide bonds. The average Bonchev–Trinajstić information content (AvgIpc) is 1.44. The van der Waals surface area contributed by atoms with Crippen LogP contribution in [0.25, 0.3) is 0 Å². The third kappa shape index (κ3) is 3.31. The van der Waals surface area contributed by atoms with Crippen molar-refractivity contribution in [1.82, 2.24) is 0 Å². The summed E-state index contributed by atoms with van der Waals surface area (Å²) in [4.78, 5) is 0. The van der Waals surface area contributed by atoms with E-state index in [1.807, 2.05) is 0 Å². The molecule has 0 aromatic carbocycles. The summed E-state index contributed by atoms with van der Waals surface area (Å²) in [5, 5.41) is 0. The second-order valence-electron chi connectivity index (χ2n) is 1.87. The number of hydrogen-bond acceptors (Lipinski definition) is 0. The van der Waals surface area contributed by atoms with E-state index in [2.05, 4.69) is 0 Å². The summed E-state index contributed by atoms with van der Waals surface area (Å²) in [6, 6.07) is 0. The lowest BCUT2D eigenvalue weighted by Gasteiger charge is -2.37. The SMILES string of the molecule is FC(F)(F)[C-](C(F)(F)F)C(F)(F)F. The van der Waals surface area contributed by atoms with Gasteiger partial charge in [-0.3, -0.25) is 0 Å². The van der Waals surface area contributed by atoms with Crippen LogP contribution in [-0.4, -0.2) is 18.5 Å². The van der Waals surface area contributed by atoms with Crippen LogP contribution in [0.2, 0.25) is 0 Å². The molecule has 0 fully saturated rings. The first-order chi connectivity index (χ1) is 5.37. The quantitative estimate of drug-likeness (QED) is 0.433. The van der Waals surface area contributed by atoms with Crippen LogP contribution in [0.15, 0.2) is 0 Å². The van der Waals surface area contributed by atoms with E-state index in [4.69, 9.17) is 0 Å². The Morgan fingerprint density at radius 1 is 0.462 bits per heavy atom. The van der Waals surface area contributed by atoms with E-state index in [0.29, 0.717) is 0 Å². The van der Waals surface area contributed by atoms with Crippen LogP contribution in [0.1, 0.15) is 0 Å². The molecule has 0 rings (SSSR count). The van der Waals surface area contributed by atoms with Gasteiger partial charge in [-0.1, -0.05) is 0 Å². The Balaban J connectivity index is 5.02. The van der Waals surface area contributed by atoms with Gasteiger partial charge in [0, 0.05) is 0 Å². The first kappa shape index (κ1) is 12.4. The molecule has 0 nitrogen and oxygen atoms in total. The van der Waals surface area contributed by atoms with Gasteiger partial charge in [-0.05, 0) is 5.92 Å². The summed E-state index contributed by atoms with van der Waals surface area (Å²) in [6.45, 7) is 0. The number of hydrogen-bond donors (Lipinski definition) is 0. The van der Waals surface area contributed by atoms with Crippen LogP contribution in [0, 0.1) is 5.92 Å². The zero-order chi connectivity index (χ0) is 11.1. The van der Waals surface area contributed by atoms with E-state index < -0.39 is 24.4 Å². The second kappa shape index (κ2) is 2.95. The molecule has 0 aliphatic carbocycles. The molecule has 0 aliphatic rings. The molecular weight excluding hydrogens is 219 g/mol. The van der Waals surface area contributed by atoms with Crippen LogP contribution in [0.5, 0.6) is 0 Å². The van der Waals surface area contributed by atoms with Crippen LogP contribution in [-0.2, 0) is 0 Å². The third-order valence-corrected chi connectivity index (χ3v) is 0.850. The molecule has 0 aromatic rings. The van der Waals surface area contributed by atoms with Gasteiger partial charge in [0.05, 0.1) is 0 Å². The van der Waals surface area contributed by atoms with Gasteiger partial charge >= 0.3 is 0 Å². The van der Waals surface area contributed by atoms with E-state index in [0.717, 1.165) is 0 Å². The van der Waals surface area contributed by atoms with Crippen LogP contribution in [0.3, 0.4) is 0 Å². The predicted molar refractivity (Wildman–Crippen MR) is 21.4 cm³/mol. The van der Waals surface area contributed by atoms with Crippen molar-refractivity contribution < 1.29 is 39.5 Å². The maximum absolute atomic E-state index is 11.2. The summed E-state index contributed by atoms with van der Waals surface area (Å²) >= 11 is 0. The molecule has 0 bridgehead atoms. The fraction of sp³-hybridized carbons (Fsp3) is 0.750. The highest BCUT2D eigenvalue weighted by Crippen LogP contribution is 2.50. The topological polar surface area (TPSA) is 0 Å². The minimum atomic E-state index is -6.45. The van der Waals surface area contributed by atoms with Crippen molar-refractivity contribution in [3.63, 3.8) is 0 Å². The maximum Gasteiger partial charge on any atom is 0.288 e. The van der Waals surface area contributed by atoms with Crippen molar-refractivity contribution in [2.45, 2.75) is 18.5 Å². The lowest BCUT2D eigenvalue weighted by Crippen LogP contribution is -2.44. The van der Waals surface area contributed by atoms with Gasteiger partial charge in [0.15, 0.2) is 0 Å². The highest BCUT2D eigenvalue weighted by atomic mass is 19.4. The second-order valence-corrected chi connectivity index (χ2v) is 1.87. The van der Waals surface area contributed by atoms with Crippen molar-refractivity contribution in [3.8, 4) is 0 Å². The molecular formula is C4F9-. The lowest BCUT2D eigenvalue weighted by atomic mass is 10.1.